The average molecular weight is 291 g/mol. The Kier molecular flexibility index (Phi) is 5.15. The summed E-state index contributed by atoms with van der Waals surface area (Å²) in [4.78, 5) is 13.3. The van der Waals surface area contributed by atoms with E-state index in [4.69, 9.17) is 4.42 Å². The number of hydrogen-bond donors (Lipinski definition) is 2. The fourth-order valence-corrected chi connectivity index (χ4v) is 2.68. The SMILES string of the molecule is C=CCCC(=O)NCc1ccc(C(O)c2ccco2)s1. The molecule has 0 fully saturated rings. The van der Waals surface area contributed by atoms with Crippen LogP contribution < -0.4 is 5.32 Å². The van der Waals surface area contributed by atoms with Crippen LogP contribution in [0.1, 0.15) is 34.5 Å². The van der Waals surface area contributed by atoms with Crippen LogP contribution in [-0.4, -0.2) is 11.0 Å². The second-order valence-corrected chi connectivity index (χ2v) is 5.53. The molecule has 0 bridgehead atoms. The van der Waals surface area contributed by atoms with Crippen LogP contribution in [0.25, 0.3) is 0 Å². The largest absolute Gasteiger partial charge is 0.466 e. The van der Waals surface area contributed by atoms with Gasteiger partial charge in [0.05, 0.1) is 12.8 Å². The molecule has 4 nitrogen and oxygen atoms in total. The van der Waals surface area contributed by atoms with E-state index in [1.54, 1.807) is 18.2 Å². The van der Waals surface area contributed by atoms with Crippen LogP contribution in [0, 0.1) is 0 Å². The lowest BCUT2D eigenvalue weighted by atomic mass is 10.2. The maximum atomic E-state index is 11.5. The molecule has 0 aliphatic rings. The molecular weight excluding hydrogens is 274 g/mol. The zero-order valence-corrected chi connectivity index (χ0v) is 11.9. The van der Waals surface area contributed by atoms with Gasteiger partial charge in [-0.15, -0.1) is 17.9 Å². The van der Waals surface area contributed by atoms with Gasteiger partial charge in [0.2, 0.25) is 5.91 Å². The number of allylic oxidation sites excluding steroid dienone is 1. The van der Waals surface area contributed by atoms with E-state index < -0.39 is 6.10 Å². The van der Waals surface area contributed by atoms with Crippen LogP contribution >= 0.6 is 11.3 Å². The van der Waals surface area contributed by atoms with Crippen molar-refractivity contribution >= 4 is 17.2 Å². The lowest BCUT2D eigenvalue weighted by Gasteiger charge is -2.04. The molecular formula is C15H17NO3S. The Hall–Kier alpha value is -1.85. The summed E-state index contributed by atoms with van der Waals surface area (Å²) in [6.07, 6.45) is 3.64. The summed E-state index contributed by atoms with van der Waals surface area (Å²) in [7, 11) is 0. The number of amides is 1. The molecule has 1 unspecified atom stereocenters. The number of nitrogens with one attached hydrogen (secondary N) is 1. The Morgan fingerprint density at radius 3 is 3.05 bits per heavy atom. The molecule has 2 aromatic rings. The number of furan rings is 1. The fourth-order valence-electron chi connectivity index (χ4n) is 1.73. The molecule has 2 rings (SSSR count). The van der Waals surface area contributed by atoms with Gasteiger partial charge >= 0.3 is 0 Å². The van der Waals surface area contributed by atoms with Crippen LogP contribution in [0.3, 0.4) is 0 Å². The molecule has 2 aromatic heterocycles. The van der Waals surface area contributed by atoms with Crippen LogP contribution in [0.15, 0.2) is 47.6 Å². The molecule has 20 heavy (non-hydrogen) atoms. The van der Waals surface area contributed by atoms with E-state index in [0.29, 0.717) is 25.1 Å². The molecule has 0 spiro atoms. The molecule has 106 valence electrons. The van der Waals surface area contributed by atoms with Crippen molar-refractivity contribution in [3.8, 4) is 0 Å². The zero-order valence-electron chi connectivity index (χ0n) is 11.0. The molecule has 0 aliphatic heterocycles. The van der Waals surface area contributed by atoms with Gasteiger partial charge in [-0.2, -0.15) is 0 Å². The van der Waals surface area contributed by atoms with Crippen LogP contribution in [0.4, 0.5) is 0 Å². The van der Waals surface area contributed by atoms with Crippen molar-refractivity contribution in [2.45, 2.75) is 25.5 Å². The number of carbonyl (C=O) groups excluding carboxylic acids is 1. The smallest absolute Gasteiger partial charge is 0.220 e. The van der Waals surface area contributed by atoms with Crippen molar-refractivity contribution in [2.75, 3.05) is 0 Å². The molecule has 5 heteroatoms. The number of aliphatic hydroxyl groups excluding tert-OH is 1. The third-order valence-electron chi connectivity index (χ3n) is 2.80. The topological polar surface area (TPSA) is 62.5 Å². The second-order valence-electron chi connectivity index (χ2n) is 4.33. The number of thiophene rings is 1. The molecule has 2 N–H and O–H groups in total. The van der Waals surface area contributed by atoms with Crippen molar-refractivity contribution in [3.05, 3.63) is 58.7 Å². The van der Waals surface area contributed by atoms with Gasteiger partial charge in [0, 0.05) is 16.2 Å². The van der Waals surface area contributed by atoms with E-state index in [-0.39, 0.29) is 5.91 Å². The minimum Gasteiger partial charge on any atom is -0.466 e. The molecule has 1 atom stereocenters. The highest BCUT2D eigenvalue weighted by atomic mass is 32.1. The molecule has 0 radical (unpaired) electrons. The highest BCUT2D eigenvalue weighted by molar-refractivity contribution is 7.12. The third kappa shape index (κ3) is 3.82. The first-order valence-electron chi connectivity index (χ1n) is 6.38. The minimum atomic E-state index is -0.750. The molecule has 0 saturated heterocycles. The monoisotopic (exact) mass is 291 g/mol. The van der Waals surface area contributed by atoms with Crippen molar-refractivity contribution in [3.63, 3.8) is 0 Å². The summed E-state index contributed by atoms with van der Waals surface area (Å²) < 4.78 is 5.18. The zero-order chi connectivity index (χ0) is 14.4. The third-order valence-corrected chi connectivity index (χ3v) is 3.94. The van der Waals surface area contributed by atoms with Gasteiger partial charge in [0.25, 0.3) is 0 Å². The second kappa shape index (κ2) is 7.07. The van der Waals surface area contributed by atoms with E-state index in [0.717, 1.165) is 9.75 Å². The maximum Gasteiger partial charge on any atom is 0.220 e. The molecule has 1 amide bonds. The molecule has 0 aromatic carbocycles. The number of aliphatic hydroxyl groups is 1. The van der Waals surface area contributed by atoms with Crippen LogP contribution in [0.2, 0.25) is 0 Å². The highest BCUT2D eigenvalue weighted by Gasteiger charge is 2.15. The summed E-state index contributed by atoms with van der Waals surface area (Å²) >= 11 is 1.46. The lowest BCUT2D eigenvalue weighted by Crippen LogP contribution is -2.21. The number of carbonyl (C=O) groups is 1. The van der Waals surface area contributed by atoms with Crippen molar-refractivity contribution in [1.29, 1.82) is 0 Å². The minimum absolute atomic E-state index is 0.00596. The molecule has 0 aliphatic carbocycles. The predicted molar refractivity (Wildman–Crippen MR) is 78.4 cm³/mol. The standard InChI is InChI=1S/C15H17NO3S/c1-2-3-6-14(17)16-10-11-7-8-13(20-11)15(18)12-5-4-9-19-12/h2,4-5,7-9,15,18H,1,3,6,10H2,(H,16,17). The quantitative estimate of drug-likeness (QED) is 0.771. The van der Waals surface area contributed by atoms with Gasteiger partial charge in [-0.25, -0.2) is 0 Å². The Labute approximate surface area is 121 Å². The highest BCUT2D eigenvalue weighted by Crippen LogP contribution is 2.28. The van der Waals surface area contributed by atoms with E-state index in [1.165, 1.54) is 17.6 Å². The Morgan fingerprint density at radius 2 is 2.35 bits per heavy atom. The van der Waals surface area contributed by atoms with E-state index in [9.17, 15) is 9.90 Å². The Morgan fingerprint density at radius 1 is 1.50 bits per heavy atom. The summed E-state index contributed by atoms with van der Waals surface area (Å²) in [6, 6.07) is 7.23. The van der Waals surface area contributed by atoms with Gasteiger partial charge in [0.1, 0.15) is 11.9 Å². The Balaban J connectivity index is 1.89. The summed E-state index contributed by atoms with van der Waals surface area (Å²) in [5, 5.41) is 12.9. The molecule has 0 saturated carbocycles. The number of rotatable bonds is 7. The average Bonchev–Trinajstić information content (AvgIpc) is 3.12. The first-order valence-corrected chi connectivity index (χ1v) is 7.20. The summed E-state index contributed by atoms with van der Waals surface area (Å²) in [6.45, 7) is 4.06. The van der Waals surface area contributed by atoms with Gasteiger partial charge in [-0.1, -0.05) is 6.08 Å². The van der Waals surface area contributed by atoms with Gasteiger partial charge in [0.15, 0.2) is 0 Å². The van der Waals surface area contributed by atoms with Gasteiger partial charge in [-0.05, 0) is 30.7 Å². The van der Waals surface area contributed by atoms with Crippen LogP contribution in [0.5, 0.6) is 0 Å². The van der Waals surface area contributed by atoms with Crippen molar-refractivity contribution < 1.29 is 14.3 Å². The van der Waals surface area contributed by atoms with Crippen LogP contribution in [-0.2, 0) is 11.3 Å². The fraction of sp³-hybridized carbons (Fsp3) is 0.267. The normalized spacial score (nSPS) is 12.1. The first kappa shape index (κ1) is 14.6. The van der Waals surface area contributed by atoms with E-state index >= 15 is 0 Å². The van der Waals surface area contributed by atoms with Crippen molar-refractivity contribution in [2.24, 2.45) is 0 Å². The first-order chi connectivity index (χ1) is 9.70. The number of hydrogen-bond acceptors (Lipinski definition) is 4. The maximum absolute atomic E-state index is 11.5. The van der Waals surface area contributed by atoms with E-state index in [1.807, 2.05) is 12.1 Å². The van der Waals surface area contributed by atoms with Gasteiger partial charge < -0.3 is 14.8 Å². The van der Waals surface area contributed by atoms with Crippen molar-refractivity contribution in [1.82, 2.24) is 5.32 Å². The summed E-state index contributed by atoms with van der Waals surface area (Å²) in [5.41, 5.74) is 0. The molecule has 2 heterocycles. The van der Waals surface area contributed by atoms with E-state index in [2.05, 4.69) is 11.9 Å². The summed E-state index contributed by atoms with van der Waals surface area (Å²) in [5.74, 6) is 0.528. The van der Waals surface area contributed by atoms with Gasteiger partial charge in [-0.3, -0.25) is 4.79 Å². The predicted octanol–water partition coefficient (Wildman–Crippen LogP) is 3.01. The lowest BCUT2D eigenvalue weighted by molar-refractivity contribution is -0.121. The Bertz CT molecular complexity index is 559.